The van der Waals surface area contributed by atoms with Crippen LogP contribution in [0.3, 0.4) is 0 Å². The summed E-state index contributed by atoms with van der Waals surface area (Å²) in [6.45, 7) is 8.56. The van der Waals surface area contributed by atoms with Crippen LogP contribution in [0.4, 0.5) is 0 Å². The number of nitrogens with zero attached hydrogens (tertiary/aromatic N) is 2. The van der Waals surface area contributed by atoms with E-state index in [4.69, 9.17) is 12.0 Å². The van der Waals surface area contributed by atoms with E-state index in [-0.39, 0.29) is 32.7 Å². The van der Waals surface area contributed by atoms with Crippen LogP contribution in [0.5, 0.6) is 0 Å². The van der Waals surface area contributed by atoms with Gasteiger partial charge in [0.2, 0.25) is 0 Å². The number of hydrogen-bond donors (Lipinski definition) is 0. The van der Waals surface area contributed by atoms with Gasteiger partial charge in [0.15, 0.2) is 0 Å². The maximum atomic E-state index is 8.39. The maximum Gasteiger partial charge on any atom is 3.00 e. The van der Waals surface area contributed by atoms with Crippen LogP contribution in [-0.4, -0.2) is 11.9 Å². The second-order valence-electron chi connectivity index (χ2n) is 1.84. The van der Waals surface area contributed by atoms with Crippen LogP contribution in [0.15, 0.2) is 16.6 Å². The van der Waals surface area contributed by atoms with Crippen molar-refractivity contribution in [1.82, 2.24) is 0 Å². The molecule has 0 aromatic rings. The van der Waals surface area contributed by atoms with Gasteiger partial charge in [-0.15, -0.1) is 0 Å². The Labute approximate surface area is 92.9 Å². The number of hydrogen-bond acceptors (Lipinski definition) is 1. The van der Waals surface area contributed by atoms with Gasteiger partial charge >= 0.3 is 32.7 Å². The van der Waals surface area contributed by atoms with Crippen LogP contribution >= 0.6 is 0 Å². The Balaban J connectivity index is 0. The van der Waals surface area contributed by atoms with Gasteiger partial charge in [-0.3, -0.25) is 6.58 Å². The van der Waals surface area contributed by atoms with Gasteiger partial charge in [0.25, 0.3) is 0 Å². The first kappa shape index (κ1) is 13.5. The second-order valence-corrected chi connectivity index (χ2v) is 1.84. The van der Waals surface area contributed by atoms with E-state index in [1.807, 2.05) is 0 Å². The number of aliphatic imine (C=N–C) groups is 1. The molecule has 0 atom stereocenters. The second kappa shape index (κ2) is 8.02. The van der Waals surface area contributed by atoms with Gasteiger partial charge in [0, 0.05) is 0 Å². The molecule has 0 aliphatic rings. The first-order valence-electron chi connectivity index (χ1n) is 2.87. The van der Waals surface area contributed by atoms with E-state index >= 15 is 0 Å². The predicted molar refractivity (Wildman–Crippen MR) is 43.8 cm³/mol. The standard InChI is InChI=1S/C8H9N2.Y/c1-4-8(3)10-6-7(2)5-9;/h1,4-5H,2-3H3;/q-3;+3. The molecule has 0 aliphatic carbocycles. The van der Waals surface area contributed by atoms with E-state index in [2.05, 4.69) is 11.2 Å². The molecule has 0 rings (SSSR count). The van der Waals surface area contributed by atoms with Crippen LogP contribution in [0, 0.1) is 12.8 Å². The maximum absolute atomic E-state index is 8.39. The molecule has 2 nitrogen and oxygen atoms in total. The van der Waals surface area contributed by atoms with Crippen molar-refractivity contribution in [2.24, 2.45) is 4.99 Å². The fourth-order valence-corrected chi connectivity index (χ4v) is 0.242. The van der Waals surface area contributed by atoms with Crippen molar-refractivity contribution in [3.8, 4) is 0 Å². The summed E-state index contributed by atoms with van der Waals surface area (Å²) < 4.78 is 0. The topological polar surface area (TPSA) is 34.7 Å². The average Bonchev–Trinajstić information content (AvgIpc) is 1.99. The Kier molecular flexibility index (Phi) is 9.86. The smallest absolute Gasteiger partial charge is 0.878 e. The Morgan fingerprint density at radius 2 is 2.09 bits per heavy atom. The Bertz CT molecular complexity index is 170. The third kappa shape index (κ3) is 7.82. The first-order chi connectivity index (χ1) is 4.70. The largest absolute Gasteiger partial charge is 3.00 e. The molecule has 0 bridgehead atoms. The molecule has 0 radical (unpaired) electrons. The third-order valence-electron chi connectivity index (χ3n) is 0.843. The fraction of sp³-hybridized carbons (Fsp3) is 0.250. The van der Waals surface area contributed by atoms with Crippen LogP contribution in [0.25, 0.3) is 5.41 Å². The Morgan fingerprint density at radius 1 is 1.55 bits per heavy atom. The van der Waals surface area contributed by atoms with Crippen molar-refractivity contribution < 1.29 is 32.7 Å². The van der Waals surface area contributed by atoms with E-state index in [1.54, 1.807) is 13.8 Å². The molecular formula is C8H9N2Y. The molecule has 0 heterocycles. The van der Waals surface area contributed by atoms with Crippen LogP contribution in [0.1, 0.15) is 13.8 Å². The summed E-state index contributed by atoms with van der Waals surface area (Å²) in [6, 6.07) is 0. The summed E-state index contributed by atoms with van der Waals surface area (Å²) >= 11 is 0. The molecule has 0 saturated heterocycles. The zero-order valence-electron chi connectivity index (χ0n) is 6.70. The van der Waals surface area contributed by atoms with Gasteiger partial charge in [-0.05, 0) is 0 Å². The third-order valence-corrected chi connectivity index (χ3v) is 0.843. The summed E-state index contributed by atoms with van der Waals surface area (Å²) in [5.41, 5.74) is 1.24. The molecule has 0 aromatic heterocycles. The minimum atomic E-state index is 0. The first-order valence-corrected chi connectivity index (χ1v) is 2.87. The van der Waals surface area contributed by atoms with Crippen molar-refractivity contribution in [3.63, 3.8) is 0 Å². The normalized spacial score (nSPS) is 11.8. The molecule has 0 aromatic carbocycles. The fourth-order valence-electron chi connectivity index (χ4n) is 0.242. The molecule has 0 aliphatic heterocycles. The zero-order valence-corrected chi connectivity index (χ0v) is 9.54. The zero-order chi connectivity index (χ0) is 7.98. The van der Waals surface area contributed by atoms with E-state index in [0.717, 1.165) is 6.21 Å². The Morgan fingerprint density at radius 3 is 2.45 bits per heavy atom. The van der Waals surface area contributed by atoms with Gasteiger partial charge in [0.05, 0.1) is 0 Å². The summed E-state index contributed by atoms with van der Waals surface area (Å²) in [4.78, 5) is 3.77. The molecule has 0 saturated carbocycles. The average molecular weight is 222 g/mol. The van der Waals surface area contributed by atoms with Crippen molar-refractivity contribution in [1.29, 1.82) is 0 Å². The molecule has 11 heavy (non-hydrogen) atoms. The van der Waals surface area contributed by atoms with Crippen molar-refractivity contribution in [3.05, 3.63) is 29.8 Å². The van der Waals surface area contributed by atoms with Gasteiger partial charge in [-0.2, -0.15) is 11.6 Å². The molecule has 0 amide bonds. The molecule has 0 fully saturated rings. The quantitative estimate of drug-likeness (QED) is 0.515. The van der Waals surface area contributed by atoms with E-state index < -0.39 is 0 Å². The van der Waals surface area contributed by atoms with Crippen LogP contribution in [-0.2, 0) is 32.7 Å². The summed E-state index contributed by atoms with van der Waals surface area (Å²) in [5, 5.41) is 8.39. The van der Waals surface area contributed by atoms with E-state index in [0.29, 0.717) is 11.3 Å². The van der Waals surface area contributed by atoms with Crippen molar-refractivity contribution in [2.75, 3.05) is 0 Å². The van der Waals surface area contributed by atoms with Gasteiger partial charge in [-0.25, -0.2) is 0 Å². The van der Waals surface area contributed by atoms with Gasteiger partial charge in [0.1, 0.15) is 0 Å². The molecule has 0 spiro atoms. The monoisotopic (exact) mass is 222 g/mol. The number of rotatable bonds is 3. The van der Waals surface area contributed by atoms with Gasteiger partial charge < -0.3 is 16.6 Å². The van der Waals surface area contributed by atoms with Crippen LogP contribution < -0.4 is 0 Å². The SMILES string of the molecule is [CH-]=CC(C)=N[C-]=C(C)C=[N-].[Y+3]. The number of allylic oxidation sites excluding steroid dienone is 2. The summed E-state index contributed by atoms with van der Waals surface area (Å²) in [6.07, 6.45) is 4.88. The molecule has 54 valence electrons. The van der Waals surface area contributed by atoms with E-state index in [9.17, 15) is 0 Å². The molecular weight excluding hydrogens is 213 g/mol. The minimum absolute atomic E-state index is 0. The van der Waals surface area contributed by atoms with Gasteiger partial charge in [-0.1, -0.05) is 25.8 Å². The predicted octanol–water partition coefficient (Wildman–Crippen LogP) is 1.78. The minimum Gasteiger partial charge on any atom is -0.878 e. The summed E-state index contributed by atoms with van der Waals surface area (Å²) in [7, 11) is 0. The summed E-state index contributed by atoms with van der Waals surface area (Å²) in [5.74, 6) is 0. The molecule has 0 N–H and O–H groups in total. The molecule has 3 heteroatoms. The van der Waals surface area contributed by atoms with Crippen molar-refractivity contribution in [2.45, 2.75) is 13.8 Å². The van der Waals surface area contributed by atoms with E-state index in [1.165, 1.54) is 6.08 Å². The van der Waals surface area contributed by atoms with Crippen LogP contribution in [0.2, 0.25) is 0 Å². The molecule has 0 unspecified atom stereocenters. The Hall–Kier alpha value is -0.0761. The van der Waals surface area contributed by atoms with Crippen molar-refractivity contribution >= 4 is 11.9 Å².